The summed E-state index contributed by atoms with van der Waals surface area (Å²) in [4.78, 5) is 17.0. The lowest BCUT2D eigenvalue weighted by Crippen LogP contribution is -2.44. The molecule has 32 heavy (non-hydrogen) atoms. The molecule has 0 fully saturated rings. The molecule has 1 heterocycles. The number of anilines is 1. The summed E-state index contributed by atoms with van der Waals surface area (Å²) < 4.78 is 33.9. The average molecular weight is 454 g/mol. The maximum atomic E-state index is 12.9. The summed E-state index contributed by atoms with van der Waals surface area (Å²) in [5, 5.41) is 2.79. The van der Waals surface area contributed by atoms with Crippen LogP contribution in [0.2, 0.25) is 0 Å². The highest BCUT2D eigenvalue weighted by atomic mass is 32.2. The number of aryl methyl sites for hydroxylation is 1. The average Bonchev–Trinajstić information content (AvgIpc) is 2.75. The van der Waals surface area contributed by atoms with Crippen LogP contribution in [0, 0.1) is 12.8 Å². The van der Waals surface area contributed by atoms with Crippen molar-refractivity contribution in [3.8, 4) is 11.5 Å². The summed E-state index contributed by atoms with van der Waals surface area (Å²) in [6.45, 7) is 5.75. The molecule has 2 aromatic carbocycles. The van der Waals surface area contributed by atoms with Gasteiger partial charge in [-0.25, -0.2) is 8.42 Å². The van der Waals surface area contributed by atoms with Crippen LogP contribution in [-0.4, -0.2) is 25.4 Å². The van der Waals surface area contributed by atoms with Crippen LogP contribution in [0.25, 0.3) is 0 Å². The van der Waals surface area contributed by atoms with Crippen LogP contribution in [0.1, 0.15) is 25.8 Å². The van der Waals surface area contributed by atoms with Crippen molar-refractivity contribution in [1.29, 1.82) is 0 Å². The summed E-state index contributed by atoms with van der Waals surface area (Å²) in [5.41, 5.74) is 1.50. The van der Waals surface area contributed by atoms with E-state index in [0.717, 1.165) is 5.56 Å². The van der Waals surface area contributed by atoms with Crippen LogP contribution in [-0.2, 0) is 14.8 Å². The first-order valence-electron chi connectivity index (χ1n) is 10.3. The summed E-state index contributed by atoms with van der Waals surface area (Å²) in [5.74, 6) is 0.951. The van der Waals surface area contributed by atoms with Crippen molar-refractivity contribution >= 4 is 21.6 Å². The Labute approximate surface area is 188 Å². The number of aromatic nitrogens is 1. The summed E-state index contributed by atoms with van der Waals surface area (Å²) >= 11 is 0. The van der Waals surface area contributed by atoms with E-state index in [4.69, 9.17) is 4.74 Å². The van der Waals surface area contributed by atoms with E-state index in [1.165, 1.54) is 12.1 Å². The number of nitrogens with one attached hydrogen (secondary N) is 2. The molecule has 0 saturated heterocycles. The maximum Gasteiger partial charge on any atom is 0.242 e. The van der Waals surface area contributed by atoms with Gasteiger partial charge in [-0.05, 0) is 67.8 Å². The zero-order valence-electron chi connectivity index (χ0n) is 18.3. The Bertz CT molecular complexity index is 1130. The molecule has 1 amide bonds. The molecule has 1 unspecified atom stereocenters. The van der Waals surface area contributed by atoms with Crippen LogP contribution in [0.5, 0.6) is 11.5 Å². The highest BCUT2D eigenvalue weighted by molar-refractivity contribution is 7.89. The minimum absolute atomic E-state index is 0.114. The predicted molar refractivity (Wildman–Crippen MR) is 124 cm³/mol. The van der Waals surface area contributed by atoms with Gasteiger partial charge in [-0.15, -0.1) is 0 Å². The molecule has 8 heteroatoms. The molecule has 1 atom stereocenters. The van der Waals surface area contributed by atoms with Crippen LogP contribution in [0.15, 0.2) is 78.0 Å². The van der Waals surface area contributed by atoms with Gasteiger partial charge in [-0.1, -0.05) is 31.5 Å². The predicted octanol–water partition coefficient (Wildman–Crippen LogP) is 4.51. The van der Waals surface area contributed by atoms with Gasteiger partial charge in [0.2, 0.25) is 15.9 Å². The van der Waals surface area contributed by atoms with Gasteiger partial charge in [0, 0.05) is 18.1 Å². The minimum Gasteiger partial charge on any atom is -0.457 e. The van der Waals surface area contributed by atoms with E-state index < -0.39 is 22.0 Å². The first kappa shape index (κ1) is 23.4. The lowest BCUT2D eigenvalue weighted by Gasteiger charge is -2.20. The summed E-state index contributed by atoms with van der Waals surface area (Å²) in [7, 11) is -3.84. The van der Waals surface area contributed by atoms with E-state index in [2.05, 4.69) is 15.0 Å². The van der Waals surface area contributed by atoms with Gasteiger partial charge in [-0.3, -0.25) is 9.78 Å². The van der Waals surface area contributed by atoms with Crippen molar-refractivity contribution in [2.75, 3.05) is 5.32 Å². The van der Waals surface area contributed by atoms with Gasteiger partial charge in [0.15, 0.2) is 0 Å². The largest absolute Gasteiger partial charge is 0.457 e. The van der Waals surface area contributed by atoms with Crippen LogP contribution >= 0.6 is 0 Å². The second-order valence-corrected chi connectivity index (χ2v) is 9.63. The van der Waals surface area contributed by atoms with Gasteiger partial charge in [0.1, 0.15) is 17.5 Å². The van der Waals surface area contributed by atoms with Crippen molar-refractivity contribution in [2.24, 2.45) is 5.92 Å². The zero-order chi connectivity index (χ0) is 23.1. The Balaban J connectivity index is 1.69. The molecular weight excluding hydrogens is 426 g/mol. The maximum absolute atomic E-state index is 12.9. The molecule has 1 aromatic heterocycles. The Kier molecular flexibility index (Phi) is 7.61. The van der Waals surface area contributed by atoms with Crippen LogP contribution in [0.4, 0.5) is 5.69 Å². The summed E-state index contributed by atoms with van der Waals surface area (Å²) in [6.07, 6.45) is 3.63. The quantitative estimate of drug-likeness (QED) is 0.497. The van der Waals surface area contributed by atoms with E-state index >= 15 is 0 Å². The number of sulfonamides is 1. The fourth-order valence-electron chi connectivity index (χ4n) is 3.03. The third kappa shape index (κ3) is 6.63. The molecular formula is C24H27N3O4S. The Hall–Kier alpha value is -3.23. The molecule has 0 aliphatic rings. The molecule has 0 aliphatic heterocycles. The van der Waals surface area contributed by atoms with Gasteiger partial charge in [-0.2, -0.15) is 4.72 Å². The molecule has 0 aliphatic carbocycles. The van der Waals surface area contributed by atoms with E-state index in [1.807, 2.05) is 20.8 Å². The number of benzene rings is 2. The fourth-order valence-corrected chi connectivity index (χ4v) is 4.24. The zero-order valence-corrected chi connectivity index (χ0v) is 19.1. The van der Waals surface area contributed by atoms with E-state index in [1.54, 1.807) is 60.9 Å². The molecule has 7 nitrogen and oxygen atoms in total. The number of hydrogen-bond donors (Lipinski definition) is 2. The monoisotopic (exact) mass is 453 g/mol. The topological polar surface area (TPSA) is 97.4 Å². The second-order valence-electron chi connectivity index (χ2n) is 7.92. The smallest absolute Gasteiger partial charge is 0.242 e. The first-order chi connectivity index (χ1) is 15.2. The second kappa shape index (κ2) is 10.4. The van der Waals surface area contributed by atoms with Gasteiger partial charge < -0.3 is 10.1 Å². The third-order valence-electron chi connectivity index (χ3n) is 4.66. The highest BCUT2D eigenvalue weighted by Crippen LogP contribution is 2.23. The number of amides is 1. The standard InChI is InChI=1S/C24H27N3O4S/c1-17(2)16-23(27-32(29,30)22-10-4-18(3)5-11-22)24(28)26-19-6-8-20(9-7-19)31-21-12-14-25-15-13-21/h4-15,17,23,27H,16H2,1-3H3,(H,26,28). The van der Waals surface area contributed by atoms with E-state index in [-0.39, 0.29) is 10.8 Å². The fraction of sp³-hybridized carbons (Fsp3) is 0.250. The number of ether oxygens (including phenoxy) is 1. The van der Waals surface area contributed by atoms with Gasteiger partial charge in [0.05, 0.1) is 4.90 Å². The number of rotatable bonds is 9. The van der Waals surface area contributed by atoms with E-state index in [9.17, 15) is 13.2 Å². The molecule has 3 aromatic rings. The first-order valence-corrected chi connectivity index (χ1v) is 11.8. The lowest BCUT2D eigenvalue weighted by atomic mass is 10.0. The third-order valence-corrected chi connectivity index (χ3v) is 6.15. The summed E-state index contributed by atoms with van der Waals surface area (Å²) in [6, 6.07) is 15.9. The molecule has 0 saturated carbocycles. The van der Waals surface area contributed by atoms with Gasteiger partial charge in [0.25, 0.3) is 0 Å². The molecule has 0 bridgehead atoms. The molecule has 168 valence electrons. The van der Waals surface area contributed by atoms with Crippen molar-refractivity contribution in [1.82, 2.24) is 9.71 Å². The van der Waals surface area contributed by atoms with Crippen LogP contribution < -0.4 is 14.8 Å². The van der Waals surface area contributed by atoms with E-state index in [0.29, 0.717) is 23.6 Å². The normalized spacial score (nSPS) is 12.4. The number of carbonyl (C=O) groups excluding carboxylic acids is 1. The Morgan fingerprint density at radius 3 is 2.12 bits per heavy atom. The van der Waals surface area contributed by atoms with Crippen molar-refractivity contribution in [3.63, 3.8) is 0 Å². The Morgan fingerprint density at radius 2 is 1.53 bits per heavy atom. The minimum atomic E-state index is -3.84. The number of pyridine rings is 1. The molecule has 3 rings (SSSR count). The highest BCUT2D eigenvalue weighted by Gasteiger charge is 2.26. The Morgan fingerprint density at radius 1 is 0.938 bits per heavy atom. The van der Waals surface area contributed by atoms with Crippen molar-refractivity contribution in [3.05, 3.63) is 78.6 Å². The molecule has 2 N–H and O–H groups in total. The van der Waals surface area contributed by atoms with Crippen molar-refractivity contribution < 1.29 is 17.9 Å². The number of carbonyl (C=O) groups is 1. The van der Waals surface area contributed by atoms with Crippen LogP contribution in [0.3, 0.4) is 0 Å². The SMILES string of the molecule is Cc1ccc(S(=O)(=O)NC(CC(C)C)C(=O)Nc2ccc(Oc3ccncc3)cc2)cc1. The molecule has 0 spiro atoms. The molecule has 0 radical (unpaired) electrons. The lowest BCUT2D eigenvalue weighted by molar-refractivity contribution is -0.118. The number of nitrogens with zero attached hydrogens (tertiary/aromatic N) is 1. The van der Waals surface area contributed by atoms with Gasteiger partial charge >= 0.3 is 0 Å². The van der Waals surface area contributed by atoms with Crippen molar-refractivity contribution in [2.45, 2.75) is 38.1 Å². The number of hydrogen-bond acceptors (Lipinski definition) is 5.